The van der Waals surface area contributed by atoms with Gasteiger partial charge in [-0.2, -0.15) is 0 Å². The molecule has 7 heteroatoms. The van der Waals surface area contributed by atoms with Crippen LogP contribution < -0.4 is 5.32 Å². The highest BCUT2D eigenvalue weighted by atomic mass is 32.1. The highest BCUT2D eigenvalue weighted by Crippen LogP contribution is 2.18. The SMILES string of the molecule is CCOC(=O)Cc1csc(NCc2ccc(F)cc2F)n1. The molecule has 0 amide bonds. The van der Waals surface area contributed by atoms with Crippen LogP contribution in [0.3, 0.4) is 0 Å². The van der Waals surface area contributed by atoms with Crippen LogP contribution in [0.1, 0.15) is 18.2 Å². The molecule has 0 aliphatic rings. The first-order valence-corrected chi connectivity index (χ1v) is 7.24. The summed E-state index contributed by atoms with van der Waals surface area (Å²) < 4.78 is 31.1. The van der Waals surface area contributed by atoms with E-state index in [1.54, 1.807) is 12.3 Å². The Labute approximate surface area is 124 Å². The maximum atomic E-state index is 13.5. The van der Waals surface area contributed by atoms with Crippen LogP contribution in [0.5, 0.6) is 0 Å². The number of hydrogen-bond donors (Lipinski definition) is 1. The van der Waals surface area contributed by atoms with E-state index in [9.17, 15) is 13.6 Å². The Morgan fingerprint density at radius 2 is 2.24 bits per heavy atom. The van der Waals surface area contributed by atoms with Crippen LogP contribution in [0.4, 0.5) is 13.9 Å². The normalized spacial score (nSPS) is 10.4. The Morgan fingerprint density at radius 1 is 1.43 bits per heavy atom. The van der Waals surface area contributed by atoms with Gasteiger partial charge in [0.2, 0.25) is 0 Å². The van der Waals surface area contributed by atoms with Crippen molar-refractivity contribution in [1.29, 1.82) is 0 Å². The molecule has 0 radical (unpaired) electrons. The number of halogens is 2. The lowest BCUT2D eigenvalue weighted by Gasteiger charge is -2.04. The molecule has 0 unspecified atom stereocenters. The summed E-state index contributed by atoms with van der Waals surface area (Å²) in [6, 6.07) is 3.42. The zero-order chi connectivity index (χ0) is 15.2. The molecule has 1 heterocycles. The van der Waals surface area contributed by atoms with Gasteiger partial charge in [-0.3, -0.25) is 4.79 Å². The average Bonchev–Trinajstić information content (AvgIpc) is 2.85. The summed E-state index contributed by atoms with van der Waals surface area (Å²) in [6.45, 7) is 2.26. The molecule has 0 spiro atoms. The van der Waals surface area contributed by atoms with Gasteiger partial charge in [0, 0.05) is 23.6 Å². The molecule has 0 saturated carbocycles. The minimum absolute atomic E-state index is 0.108. The Balaban J connectivity index is 1.92. The van der Waals surface area contributed by atoms with Gasteiger partial charge >= 0.3 is 5.97 Å². The topological polar surface area (TPSA) is 51.2 Å². The molecule has 0 fully saturated rings. The lowest BCUT2D eigenvalue weighted by molar-refractivity contribution is -0.142. The van der Waals surface area contributed by atoms with Gasteiger partial charge in [-0.25, -0.2) is 13.8 Å². The summed E-state index contributed by atoms with van der Waals surface area (Å²) in [6.07, 6.45) is 0.108. The van der Waals surface area contributed by atoms with E-state index in [2.05, 4.69) is 10.3 Å². The van der Waals surface area contributed by atoms with Crippen molar-refractivity contribution in [1.82, 2.24) is 4.98 Å². The summed E-state index contributed by atoms with van der Waals surface area (Å²) in [5.41, 5.74) is 0.944. The average molecular weight is 312 g/mol. The lowest BCUT2D eigenvalue weighted by Crippen LogP contribution is -2.08. The number of thiazole rings is 1. The lowest BCUT2D eigenvalue weighted by atomic mass is 10.2. The predicted octanol–water partition coefficient (Wildman–Crippen LogP) is 3.14. The molecule has 21 heavy (non-hydrogen) atoms. The number of ether oxygens (including phenoxy) is 1. The molecular formula is C14H14F2N2O2S. The quantitative estimate of drug-likeness (QED) is 0.833. The molecule has 4 nitrogen and oxygen atoms in total. The second-order valence-corrected chi connectivity index (χ2v) is 5.07. The van der Waals surface area contributed by atoms with Crippen molar-refractivity contribution in [3.05, 3.63) is 46.5 Å². The zero-order valence-electron chi connectivity index (χ0n) is 11.4. The summed E-state index contributed by atoms with van der Waals surface area (Å²) in [5, 5.41) is 5.24. The van der Waals surface area contributed by atoms with Crippen LogP contribution in [0, 0.1) is 11.6 Å². The predicted molar refractivity (Wildman–Crippen MR) is 76.1 cm³/mol. The molecule has 112 valence electrons. The third kappa shape index (κ3) is 4.49. The number of carbonyl (C=O) groups excluding carboxylic acids is 1. The molecule has 1 N–H and O–H groups in total. The molecule has 2 rings (SSSR count). The maximum Gasteiger partial charge on any atom is 0.311 e. The summed E-state index contributed by atoms with van der Waals surface area (Å²) in [4.78, 5) is 15.5. The zero-order valence-corrected chi connectivity index (χ0v) is 12.2. The summed E-state index contributed by atoms with van der Waals surface area (Å²) in [5.74, 6) is -1.55. The number of benzene rings is 1. The number of carbonyl (C=O) groups is 1. The molecule has 0 aliphatic heterocycles. The molecule has 2 aromatic rings. The number of aromatic nitrogens is 1. The highest BCUT2D eigenvalue weighted by molar-refractivity contribution is 7.13. The smallest absolute Gasteiger partial charge is 0.311 e. The molecule has 0 bridgehead atoms. The van der Waals surface area contributed by atoms with Gasteiger partial charge in [0.05, 0.1) is 18.7 Å². The Morgan fingerprint density at radius 3 is 2.95 bits per heavy atom. The monoisotopic (exact) mass is 312 g/mol. The fourth-order valence-corrected chi connectivity index (χ4v) is 2.37. The Kier molecular flexibility index (Phi) is 5.21. The highest BCUT2D eigenvalue weighted by Gasteiger charge is 2.09. The molecule has 0 atom stereocenters. The molecule has 0 saturated heterocycles. The first-order chi connectivity index (χ1) is 10.1. The van der Waals surface area contributed by atoms with E-state index in [4.69, 9.17) is 4.74 Å². The fourth-order valence-electron chi connectivity index (χ4n) is 1.67. The third-order valence-corrected chi connectivity index (χ3v) is 3.48. The van der Waals surface area contributed by atoms with Crippen molar-refractivity contribution >= 4 is 22.4 Å². The van der Waals surface area contributed by atoms with E-state index in [0.717, 1.165) is 6.07 Å². The van der Waals surface area contributed by atoms with E-state index in [0.29, 0.717) is 23.0 Å². The van der Waals surface area contributed by atoms with E-state index >= 15 is 0 Å². The van der Waals surface area contributed by atoms with Crippen molar-refractivity contribution < 1.29 is 18.3 Å². The second-order valence-electron chi connectivity index (χ2n) is 4.22. The summed E-state index contributed by atoms with van der Waals surface area (Å²) in [7, 11) is 0. The minimum Gasteiger partial charge on any atom is -0.466 e. The minimum atomic E-state index is -0.609. The van der Waals surface area contributed by atoms with Crippen molar-refractivity contribution in [3.8, 4) is 0 Å². The van der Waals surface area contributed by atoms with Gasteiger partial charge in [-0.15, -0.1) is 11.3 Å². The van der Waals surface area contributed by atoms with Gasteiger partial charge in [-0.05, 0) is 13.0 Å². The number of nitrogens with one attached hydrogen (secondary N) is 1. The molecule has 0 aliphatic carbocycles. The second kappa shape index (κ2) is 7.12. The van der Waals surface area contributed by atoms with Crippen LogP contribution in [-0.4, -0.2) is 17.6 Å². The van der Waals surface area contributed by atoms with Crippen molar-refractivity contribution in [3.63, 3.8) is 0 Å². The molecular weight excluding hydrogens is 298 g/mol. The van der Waals surface area contributed by atoms with Crippen LogP contribution >= 0.6 is 11.3 Å². The van der Waals surface area contributed by atoms with Crippen LogP contribution in [-0.2, 0) is 22.5 Å². The van der Waals surface area contributed by atoms with Gasteiger partial charge in [-0.1, -0.05) is 6.07 Å². The fraction of sp³-hybridized carbons (Fsp3) is 0.286. The number of hydrogen-bond acceptors (Lipinski definition) is 5. The van der Waals surface area contributed by atoms with E-state index in [1.165, 1.54) is 23.5 Å². The number of esters is 1. The van der Waals surface area contributed by atoms with Gasteiger partial charge in [0.25, 0.3) is 0 Å². The first-order valence-electron chi connectivity index (χ1n) is 6.36. The maximum absolute atomic E-state index is 13.5. The third-order valence-electron chi connectivity index (χ3n) is 2.63. The summed E-state index contributed by atoms with van der Waals surface area (Å²) >= 11 is 1.31. The van der Waals surface area contributed by atoms with E-state index < -0.39 is 11.6 Å². The van der Waals surface area contributed by atoms with E-state index in [-0.39, 0.29) is 18.9 Å². The molecule has 1 aromatic heterocycles. The van der Waals surface area contributed by atoms with Gasteiger partial charge < -0.3 is 10.1 Å². The number of anilines is 1. The van der Waals surface area contributed by atoms with Crippen LogP contribution in [0.25, 0.3) is 0 Å². The van der Waals surface area contributed by atoms with Crippen LogP contribution in [0.2, 0.25) is 0 Å². The Hall–Kier alpha value is -2.02. The molecule has 1 aromatic carbocycles. The van der Waals surface area contributed by atoms with E-state index in [1.807, 2.05) is 0 Å². The largest absolute Gasteiger partial charge is 0.466 e. The van der Waals surface area contributed by atoms with Crippen molar-refractivity contribution in [2.75, 3.05) is 11.9 Å². The van der Waals surface area contributed by atoms with Crippen LogP contribution in [0.15, 0.2) is 23.6 Å². The number of nitrogens with zero attached hydrogens (tertiary/aromatic N) is 1. The standard InChI is InChI=1S/C14H14F2N2O2S/c1-2-20-13(19)6-11-8-21-14(18-11)17-7-9-3-4-10(15)5-12(9)16/h3-5,8H,2,6-7H2,1H3,(H,17,18). The Bertz CT molecular complexity index is 631. The number of rotatable bonds is 6. The van der Waals surface area contributed by atoms with Gasteiger partial charge in [0.15, 0.2) is 5.13 Å². The van der Waals surface area contributed by atoms with Crippen molar-refractivity contribution in [2.45, 2.75) is 19.9 Å². The van der Waals surface area contributed by atoms with Gasteiger partial charge in [0.1, 0.15) is 11.6 Å². The van der Waals surface area contributed by atoms with Crippen molar-refractivity contribution in [2.24, 2.45) is 0 Å². The first kappa shape index (κ1) is 15.4.